The molecule has 11 heteroatoms. The van der Waals surface area contributed by atoms with Crippen molar-refractivity contribution in [3.63, 3.8) is 0 Å². The molecule has 1 aliphatic rings. The molecule has 0 radical (unpaired) electrons. The fourth-order valence-corrected chi connectivity index (χ4v) is 7.06. The van der Waals surface area contributed by atoms with E-state index in [9.17, 15) is 9.59 Å². The minimum atomic E-state index is -0.536. The van der Waals surface area contributed by atoms with Crippen LogP contribution in [0.15, 0.2) is 48.5 Å². The molecule has 6 rings (SSSR count). The molecule has 3 heterocycles. The van der Waals surface area contributed by atoms with Crippen molar-refractivity contribution < 1.29 is 14.3 Å². The average Bonchev–Trinajstić information content (AvgIpc) is 3.44. The van der Waals surface area contributed by atoms with E-state index < -0.39 is 5.91 Å². The first-order chi connectivity index (χ1) is 23.0. The lowest BCUT2D eigenvalue weighted by molar-refractivity contribution is 0.0977. The van der Waals surface area contributed by atoms with E-state index in [1.807, 2.05) is 69.8 Å². The second-order valence-corrected chi connectivity index (χ2v) is 12.8. The van der Waals surface area contributed by atoms with Crippen LogP contribution in [-0.4, -0.2) is 45.6 Å². The van der Waals surface area contributed by atoms with E-state index in [2.05, 4.69) is 22.3 Å². The van der Waals surface area contributed by atoms with Crippen molar-refractivity contribution in [3.05, 3.63) is 97.9 Å². The second kappa shape index (κ2) is 14.7. The van der Waals surface area contributed by atoms with E-state index in [-0.39, 0.29) is 5.91 Å². The van der Waals surface area contributed by atoms with Gasteiger partial charge in [-0.1, -0.05) is 35.3 Å². The molecule has 0 fully saturated rings. The number of fused-ring (bicyclic) bond motifs is 3. The molecule has 0 spiro atoms. The lowest BCUT2D eigenvalue weighted by Gasteiger charge is -2.21. The number of aryl methyl sites for hydroxylation is 6. The smallest absolute Gasteiger partial charge is 0.275 e. The summed E-state index contributed by atoms with van der Waals surface area (Å²) in [5.41, 5.74) is 14.8. The van der Waals surface area contributed by atoms with Gasteiger partial charge in [-0.15, -0.1) is 0 Å². The zero-order chi connectivity index (χ0) is 34.9. The Bertz CT molecular complexity index is 2010. The number of aromatic nitrogens is 3. The SMILES string of the molecule is CS.Cc1cc(OCCCc2c3n(c4c(-c5c(C)nn(C)c5C)c(Cl)ccc24)CCCN(c2cccc(C(N)=O)c2)C3=O)cc(C)c1Cl. The molecule has 3 aromatic carbocycles. The Morgan fingerprint density at radius 3 is 2.35 bits per heavy atom. The van der Waals surface area contributed by atoms with Gasteiger partial charge in [0.1, 0.15) is 11.4 Å². The lowest BCUT2D eigenvalue weighted by Crippen LogP contribution is -2.32. The Morgan fingerprint density at radius 1 is 1.00 bits per heavy atom. The van der Waals surface area contributed by atoms with Gasteiger partial charge in [-0.25, -0.2) is 0 Å². The highest BCUT2D eigenvalue weighted by atomic mass is 35.5. The van der Waals surface area contributed by atoms with Crippen LogP contribution in [0.2, 0.25) is 10.0 Å². The van der Waals surface area contributed by atoms with Gasteiger partial charge in [0.2, 0.25) is 5.91 Å². The number of nitrogens with two attached hydrogens (primary N) is 1. The van der Waals surface area contributed by atoms with Crippen LogP contribution >= 0.6 is 35.8 Å². The zero-order valence-corrected chi connectivity index (χ0v) is 30.6. The largest absolute Gasteiger partial charge is 0.494 e. The summed E-state index contributed by atoms with van der Waals surface area (Å²) in [6.45, 7) is 9.53. The maximum absolute atomic E-state index is 14.6. The topological polar surface area (TPSA) is 95.4 Å². The monoisotopic (exact) mass is 705 g/mol. The van der Waals surface area contributed by atoms with Crippen LogP contribution in [-0.2, 0) is 20.0 Å². The number of carbonyl (C=O) groups is 2. The number of benzene rings is 3. The van der Waals surface area contributed by atoms with Crippen LogP contribution in [0.1, 0.15) is 61.8 Å². The van der Waals surface area contributed by atoms with Crippen molar-refractivity contribution in [2.75, 3.05) is 24.3 Å². The van der Waals surface area contributed by atoms with E-state index in [0.717, 1.165) is 60.9 Å². The van der Waals surface area contributed by atoms with Crippen LogP contribution in [0.5, 0.6) is 5.75 Å². The van der Waals surface area contributed by atoms with Crippen molar-refractivity contribution in [1.82, 2.24) is 14.3 Å². The van der Waals surface area contributed by atoms with Gasteiger partial charge >= 0.3 is 0 Å². The highest BCUT2D eigenvalue weighted by molar-refractivity contribution is 7.79. The highest BCUT2D eigenvalue weighted by Crippen LogP contribution is 2.43. The van der Waals surface area contributed by atoms with Crippen molar-refractivity contribution in [3.8, 4) is 16.9 Å². The summed E-state index contributed by atoms with van der Waals surface area (Å²) in [5, 5.41) is 7.02. The fourth-order valence-electron chi connectivity index (χ4n) is 6.71. The lowest BCUT2D eigenvalue weighted by atomic mass is 9.98. The molecule has 252 valence electrons. The van der Waals surface area contributed by atoms with Gasteiger partial charge in [0.15, 0.2) is 0 Å². The summed E-state index contributed by atoms with van der Waals surface area (Å²) in [6, 6.07) is 14.8. The van der Waals surface area contributed by atoms with Crippen LogP contribution in [0.3, 0.4) is 0 Å². The zero-order valence-electron chi connectivity index (χ0n) is 28.2. The molecule has 2 aromatic heterocycles. The predicted molar refractivity (Wildman–Crippen MR) is 200 cm³/mol. The molecule has 0 unspecified atom stereocenters. The molecule has 2 N–H and O–H groups in total. The Labute approximate surface area is 297 Å². The Hall–Kier alpha value is -3.92. The molecule has 1 aliphatic heterocycles. The molecule has 2 amide bonds. The molecule has 48 heavy (non-hydrogen) atoms. The van der Waals surface area contributed by atoms with Gasteiger partial charge in [-0.05, 0) is 106 Å². The predicted octanol–water partition coefficient (Wildman–Crippen LogP) is 8.29. The number of halogens is 2. The molecule has 0 atom stereocenters. The third-order valence-electron chi connectivity index (χ3n) is 8.94. The molecular formula is C37H41Cl2N5O3S. The van der Waals surface area contributed by atoms with E-state index in [0.29, 0.717) is 60.9 Å². The quantitative estimate of drug-likeness (QED) is 0.125. The molecule has 5 aromatic rings. The number of anilines is 1. The number of carbonyl (C=O) groups excluding carboxylic acids is 2. The molecule has 0 saturated carbocycles. The van der Waals surface area contributed by atoms with Gasteiger partial charge in [-0.3, -0.25) is 14.3 Å². The molecule has 0 aliphatic carbocycles. The summed E-state index contributed by atoms with van der Waals surface area (Å²) in [5.74, 6) is 0.108. The normalized spacial score (nSPS) is 12.9. The van der Waals surface area contributed by atoms with Crippen LogP contribution in [0, 0.1) is 27.7 Å². The molecule has 0 bridgehead atoms. The number of amides is 2. The summed E-state index contributed by atoms with van der Waals surface area (Å²) < 4.78 is 10.2. The number of primary amides is 1. The Kier molecular flexibility index (Phi) is 10.8. The summed E-state index contributed by atoms with van der Waals surface area (Å²) in [7, 11) is 1.93. The van der Waals surface area contributed by atoms with E-state index in [1.54, 1.807) is 29.4 Å². The van der Waals surface area contributed by atoms with Crippen LogP contribution in [0.25, 0.3) is 22.0 Å². The second-order valence-electron chi connectivity index (χ2n) is 12.0. The first-order valence-electron chi connectivity index (χ1n) is 15.9. The van der Waals surface area contributed by atoms with E-state index in [1.165, 1.54) is 0 Å². The fraction of sp³-hybridized carbons (Fsp3) is 0.324. The first kappa shape index (κ1) is 35.4. The van der Waals surface area contributed by atoms with E-state index in [4.69, 9.17) is 33.7 Å². The third-order valence-corrected chi connectivity index (χ3v) is 9.85. The van der Waals surface area contributed by atoms with Crippen LogP contribution in [0.4, 0.5) is 5.69 Å². The standard InChI is InChI=1S/C36H37Cl2N5O3.CH4S/c1-20-17-26(18-21(2)32(20)38)46-16-7-11-27-28-12-13-29(37)31(30-22(3)40-41(5)23(30)4)33(28)43-15-8-14-42(36(45)34(27)43)25-10-6-9-24(19-25)35(39)44;1-2/h6,9-10,12-13,17-19H,7-8,11,14-16H2,1-5H3,(H2,39,44);2H,1H3. The number of ether oxygens (including phenoxy) is 1. The maximum atomic E-state index is 14.6. The van der Waals surface area contributed by atoms with Crippen molar-refractivity contribution in [1.29, 1.82) is 0 Å². The molecule has 8 nitrogen and oxygen atoms in total. The molecule has 0 saturated heterocycles. The minimum absolute atomic E-state index is 0.128. The number of nitrogens with zero attached hydrogens (tertiary/aromatic N) is 4. The first-order valence-corrected chi connectivity index (χ1v) is 17.5. The maximum Gasteiger partial charge on any atom is 0.275 e. The average molecular weight is 707 g/mol. The molecular weight excluding hydrogens is 665 g/mol. The van der Waals surface area contributed by atoms with Crippen LogP contribution < -0.4 is 15.4 Å². The summed E-state index contributed by atoms with van der Waals surface area (Å²) in [4.78, 5) is 28.4. The highest BCUT2D eigenvalue weighted by Gasteiger charge is 2.32. The van der Waals surface area contributed by atoms with Crippen molar-refractivity contribution >= 4 is 64.2 Å². The van der Waals surface area contributed by atoms with Gasteiger partial charge in [0.05, 0.1) is 22.8 Å². The number of hydrogen-bond donors (Lipinski definition) is 2. The number of hydrogen-bond acceptors (Lipinski definition) is 5. The Morgan fingerprint density at radius 2 is 1.71 bits per heavy atom. The number of thiol groups is 1. The van der Waals surface area contributed by atoms with Crippen molar-refractivity contribution in [2.45, 2.75) is 53.5 Å². The van der Waals surface area contributed by atoms with Crippen molar-refractivity contribution in [2.24, 2.45) is 12.8 Å². The number of rotatable bonds is 8. The van der Waals surface area contributed by atoms with Gasteiger partial charge < -0.3 is 19.9 Å². The summed E-state index contributed by atoms with van der Waals surface area (Å²) >= 11 is 16.9. The minimum Gasteiger partial charge on any atom is -0.494 e. The Balaban J connectivity index is 0.00000221. The third kappa shape index (κ3) is 6.56. The summed E-state index contributed by atoms with van der Waals surface area (Å²) in [6.07, 6.45) is 3.69. The van der Waals surface area contributed by atoms with Gasteiger partial charge in [-0.2, -0.15) is 17.7 Å². The van der Waals surface area contributed by atoms with Gasteiger partial charge in [0, 0.05) is 58.6 Å². The van der Waals surface area contributed by atoms with Gasteiger partial charge in [0.25, 0.3) is 5.91 Å². The van der Waals surface area contributed by atoms with E-state index >= 15 is 0 Å².